The molecular weight excluding hydrogens is 486 g/mol. The average molecular weight is 494 g/mol. The number of nitrogens with zero attached hydrogens (tertiary/aromatic N) is 1. The number of carbonyl (C=O) groups is 1. The largest absolute Gasteiger partial charge is 0.298 e. The van der Waals surface area contributed by atoms with Crippen molar-refractivity contribution >= 4 is 82.7 Å². The quantitative estimate of drug-likeness (QED) is 0.475. The second-order valence-electron chi connectivity index (χ2n) is 4.21. The van der Waals surface area contributed by atoms with Crippen LogP contribution in [0.15, 0.2) is 40.9 Å². The smallest absolute Gasteiger partial charge is 0.258 e. The summed E-state index contributed by atoms with van der Waals surface area (Å²) in [5.74, 6) is -0.189. The molecule has 0 aliphatic carbocycles. The van der Waals surface area contributed by atoms with Crippen LogP contribution < -0.4 is 5.32 Å². The predicted octanol–water partition coefficient (Wildman–Crippen LogP) is 5.57. The van der Waals surface area contributed by atoms with Crippen molar-refractivity contribution in [2.45, 2.75) is 0 Å². The van der Waals surface area contributed by atoms with Crippen LogP contribution >= 0.6 is 61.5 Å². The zero-order chi connectivity index (χ0) is 15.0. The number of hydrogen-bond donors (Lipinski definition) is 1. The highest BCUT2D eigenvalue weighted by atomic mass is 127. The van der Waals surface area contributed by atoms with Gasteiger partial charge in [0, 0.05) is 13.1 Å². The third-order valence-electron chi connectivity index (χ3n) is 2.74. The summed E-state index contributed by atoms with van der Waals surface area (Å²) in [5, 5.41) is 4.04. The molecule has 3 nitrogen and oxygen atoms in total. The number of aromatic nitrogens is 1. The van der Waals surface area contributed by atoms with Crippen LogP contribution in [-0.2, 0) is 0 Å². The van der Waals surface area contributed by atoms with Gasteiger partial charge in [0.2, 0.25) is 0 Å². The van der Waals surface area contributed by atoms with Crippen LogP contribution in [0.4, 0.5) is 5.13 Å². The van der Waals surface area contributed by atoms with E-state index in [0.717, 1.165) is 18.3 Å². The summed E-state index contributed by atoms with van der Waals surface area (Å²) in [5.41, 5.74) is 1.40. The number of halogens is 3. The normalized spacial score (nSPS) is 10.8. The minimum atomic E-state index is -0.189. The molecule has 7 heteroatoms. The molecule has 0 saturated carbocycles. The standard InChI is InChI=1S/C14H7BrClIN2OS/c15-10-3-2-8(17)6-9(10)13(20)19-14-18-11-4-1-7(16)5-12(11)21-14/h1-6H,(H,18,19,20). The van der Waals surface area contributed by atoms with Crippen molar-refractivity contribution in [2.75, 3.05) is 5.32 Å². The SMILES string of the molecule is O=C(Nc1nc2ccc(Cl)cc2s1)c1cc(I)ccc1Br. The topological polar surface area (TPSA) is 42.0 Å². The second kappa shape index (κ2) is 6.20. The summed E-state index contributed by atoms with van der Waals surface area (Å²) >= 11 is 12.9. The number of carbonyl (C=O) groups excluding carboxylic acids is 1. The van der Waals surface area contributed by atoms with Gasteiger partial charge in [-0.05, 0) is 74.9 Å². The van der Waals surface area contributed by atoms with Crippen LogP contribution in [-0.4, -0.2) is 10.9 Å². The molecule has 0 fully saturated rings. The fourth-order valence-electron chi connectivity index (χ4n) is 1.79. The van der Waals surface area contributed by atoms with Gasteiger partial charge in [0.25, 0.3) is 5.91 Å². The van der Waals surface area contributed by atoms with Crippen molar-refractivity contribution < 1.29 is 4.79 Å². The van der Waals surface area contributed by atoms with Gasteiger partial charge in [0.1, 0.15) is 0 Å². The maximum Gasteiger partial charge on any atom is 0.258 e. The van der Waals surface area contributed by atoms with E-state index in [1.165, 1.54) is 11.3 Å². The molecule has 1 heterocycles. The molecule has 0 bridgehead atoms. The highest BCUT2D eigenvalue weighted by molar-refractivity contribution is 14.1. The molecule has 1 N–H and O–H groups in total. The van der Waals surface area contributed by atoms with Gasteiger partial charge in [-0.3, -0.25) is 10.1 Å². The molecular formula is C14H7BrClIN2OS. The fourth-order valence-corrected chi connectivity index (χ4v) is 3.84. The van der Waals surface area contributed by atoms with E-state index >= 15 is 0 Å². The van der Waals surface area contributed by atoms with Gasteiger partial charge in [-0.2, -0.15) is 0 Å². The number of rotatable bonds is 2. The monoisotopic (exact) mass is 492 g/mol. The van der Waals surface area contributed by atoms with Gasteiger partial charge >= 0.3 is 0 Å². The van der Waals surface area contributed by atoms with E-state index in [1.54, 1.807) is 6.07 Å². The molecule has 3 aromatic rings. The lowest BCUT2D eigenvalue weighted by atomic mass is 10.2. The van der Waals surface area contributed by atoms with E-state index in [9.17, 15) is 4.79 Å². The summed E-state index contributed by atoms with van der Waals surface area (Å²) < 4.78 is 2.70. The van der Waals surface area contributed by atoms with Crippen LogP contribution in [0.25, 0.3) is 10.2 Å². The van der Waals surface area contributed by atoms with E-state index in [4.69, 9.17) is 11.6 Å². The van der Waals surface area contributed by atoms with Crippen molar-refractivity contribution in [3.8, 4) is 0 Å². The van der Waals surface area contributed by atoms with E-state index in [2.05, 4.69) is 48.8 Å². The molecule has 1 aromatic heterocycles. The van der Waals surface area contributed by atoms with Crippen molar-refractivity contribution in [1.29, 1.82) is 0 Å². The van der Waals surface area contributed by atoms with Gasteiger partial charge in [0.05, 0.1) is 15.8 Å². The van der Waals surface area contributed by atoms with Gasteiger partial charge in [-0.15, -0.1) is 0 Å². The first-order chi connectivity index (χ1) is 10.0. The van der Waals surface area contributed by atoms with Crippen molar-refractivity contribution in [3.05, 3.63) is 55.0 Å². The molecule has 21 heavy (non-hydrogen) atoms. The number of nitrogens with one attached hydrogen (secondary N) is 1. The first-order valence-electron chi connectivity index (χ1n) is 5.85. The second-order valence-corrected chi connectivity index (χ2v) is 7.78. The number of benzene rings is 2. The first kappa shape index (κ1) is 15.2. The van der Waals surface area contributed by atoms with Crippen LogP contribution in [0.2, 0.25) is 5.02 Å². The maximum absolute atomic E-state index is 12.3. The molecule has 0 spiro atoms. The Morgan fingerprint density at radius 3 is 2.90 bits per heavy atom. The van der Waals surface area contributed by atoms with Gasteiger partial charge in [-0.1, -0.05) is 22.9 Å². The molecule has 0 unspecified atom stereocenters. The van der Waals surface area contributed by atoms with E-state index in [0.29, 0.717) is 15.7 Å². The molecule has 106 valence electrons. The van der Waals surface area contributed by atoms with Gasteiger partial charge in [0.15, 0.2) is 5.13 Å². The highest BCUT2D eigenvalue weighted by Gasteiger charge is 2.13. The summed E-state index contributed by atoms with van der Waals surface area (Å²) in [7, 11) is 0. The van der Waals surface area contributed by atoms with Crippen molar-refractivity contribution in [3.63, 3.8) is 0 Å². The summed E-state index contributed by atoms with van der Waals surface area (Å²) in [6.45, 7) is 0. The maximum atomic E-state index is 12.3. The third-order valence-corrected chi connectivity index (χ3v) is 5.28. The fraction of sp³-hybridized carbons (Fsp3) is 0. The van der Waals surface area contributed by atoms with Gasteiger partial charge in [-0.25, -0.2) is 4.98 Å². The summed E-state index contributed by atoms with van der Waals surface area (Å²) in [6.07, 6.45) is 0. The van der Waals surface area contributed by atoms with Crippen LogP contribution in [0.1, 0.15) is 10.4 Å². The lowest BCUT2D eigenvalue weighted by molar-refractivity contribution is 0.102. The number of anilines is 1. The molecule has 3 rings (SSSR count). The Balaban J connectivity index is 1.90. The Hall–Kier alpha value is -0.700. The van der Waals surface area contributed by atoms with E-state index < -0.39 is 0 Å². The Kier molecular flexibility index (Phi) is 4.49. The zero-order valence-corrected chi connectivity index (χ0v) is 15.7. The van der Waals surface area contributed by atoms with Crippen LogP contribution in [0.3, 0.4) is 0 Å². The number of fused-ring (bicyclic) bond motifs is 1. The molecule has 1 amide bonds. The lowest BCUT2D eigenvalue weighted by Crippen LogP contribution is -2.12. The first-order valence-corrected chi connectivity index (χ1v) is 8.92. The summed E-state index contributed by atoms with van der Waals surface area (Å²) in [4.78, 5) is 16.7. The highest BCUT2D eigenvalue weighted by Crippen LogP contribution is 2.29. The Morgan fingerprint density at radius 1 is 1.29 bits per heavy atom. The third kappa shape index (κ3) is 3.39. The van der Waals surface area contributed by atoms with E-state index in [-0.39, 0.29) is 5.91 Å². The molecule has 0 atom stereocenters. The minimum Gasteiger partial charge on any atom is -0.298 e. The summed E-state index contributed by atoms with van der Waals surface area (Å²) in [6, 6.07) is 11.1. The average Bonchev–Trinajstić information content (AvgIpc) is 2.82. The number of hydrogen-bond acceptors (Lipinski definition) is 3. The molecule has 0 aliphatic heterocycles. The number of amides is 1. The number of thiazole rings is 1. The predicted molar refractivity (Wildman–Crippen MR) is 99.4 cm³/mol. The molecule has 0 saturated heterocycles. The Bertz CT molecular complexity index is 852. The Morgan fingerprint density at radius 2 is 2.10 bits per heavy atom. The van der Waals surface area contributed by atoms with Crippen LogP contribution in [0.5, 0.6) is 0 Å². The molecule has 2 aromatic carbocycles. The Labute approximate surface area is 152 Å². The lowest BCUT2D eigenvalue weighted by Gasteiger charge is -2.04. The van der Waals surface area contributed by atoms with Crippen molar-refractivity contribution in [1.82, 2.24) is 4.98 Å². The van der Waals surface area contributed by atoms with E-state index in [1.807, 2.05) is 30.3 Å². The van der Waals surface area contributed by atoms with Crippen LogP contribution in [0, 0.1) is 3.57 Å². The molecule has 0 aliphatic rings. The van der Waals surface area contributed by atoms with Gasteiger partial charge < -0.3 is 0 Å². The molecule has 0 radical (unpaired) electrons. The van der Waals surface area contributed by atoms with Crippen molar-refractivity contribution in [2.24, 2.45) is 0 Å². The zero-order valence-electron chi connectivity index (χ0n) is 10.4. The minimum absolute atomic E-state index is 0.189.